The van der Waals surface area contributed by atoms with Gasteiger partial charge in [0.15, 0.2) is 0 Å². The molecular formula is C16H23F3N2O2. The third-order valence-electron chi connectivity index (χ3n) is 3.80. The van der Waals surface area contributed by atoms with Gasteiger partial charge in [-0.3, -0.25) is 9.80 Å². The van der Waals surface area contributed by atoms with Crippen molar-refractivity contribution in [3.63, 3.8) is 0 Å². The van der Waals surface area contributed by atoms with Gasteiger partial charge >= 0.3 is 6.18 Å². The average Bonchev–Trinajstić information content (AvgIpc) is 2.47. The van der Waals surface area contributed by atoms with Gasteiger partial charge in [0.25, 0.3) is 0 Å². The summed E-state index contributed by atoms with van der Waals surface area (Å²) < 4.78 is 43.4. The number of ether oxygens (including phenoxy) is 1. The van der Waals surface area contributed by atoms with Crippen molar-refractivity contribution in [3.05, 3.63) is 35.4 Å². The molecule has 1 aromatic rings. The number of aliphatic hydroxyl groups is 1. The average molecular weight is 332 g/mol. The SMILES string of the molecule is CN(Cc1cccc(C(F)(F)F)c1)CC(O)CN1CCOCC1. The second-order valence-electron chi connectivity index (χ2n) is 5.96. The molecule has 0 spiro atoms. The fraction of sp³-hybridized carbons (Fsp3) is 0.625. The second kappa shape index (κ2) is 8.10. The monoisotopic (exact) mass is 332 g/mol. The smallest absolute Gasteiger partial charge is 0.390 e. The van der Waals surface area contributed by atoms with Gasteiger partial charge < -0.3 is 9.84 Å². The summed E-state index contributed by atoms with van der Waals surface area (Å²) in [5.41, 5.74) is -0.0573. The van der Waals surface area contributed by atoms with E-state index in [1.54, 1.807) is 13.1 Å². The third kappa shape index (κ3) is 6.10. The first-order valence-corrected chi connectivity index (χ1v) is 7.67. The standard InChI is InChI=1S/C16H23F3N2O2/c1-20(11-15(22)12-21-5-7-23-8-6-21)10-13-3-2-4-14(9-13)16(17,18)19/h2-4,9,15,22H,5-8,10-12H2,1H3. The van der Waals surface area contributed by atoms with Gasteiger partial charge in [-0.15, -0.1) is 0 Å². The summed E-state index contributed by atoms with van der Waals surface area (Å²) in [5, 5.41) is 10.1. The molecule has 0 amide bonds. The van der Waals surface area contributed by atoms with Crippen LogP contribution >= 0.6 is 0 Å². The molecule has 1 N–H and O–H groups in total. The Bertz CT molecular complexity index is 490. The van der Waals surface area contributed by atoms with E-state index in [9.17, 15) is 18.3 Å². The third-order valence-corrected chi connectivity index (χ3v) is 3.80. The summed E-state index contributed by atoms with van der Waals surface area (Å²) in [4.78, 5) is 3.97. The molecule has 1 saturated heterocycles. The summed E-state index contributed by atoms with van der Waals surface area (Å²) in [6.07, 6.45) is -4.87. The van der Waals surface area contributed by atoms with Crippen LogP contribution in [0.15, 0.2) is 24.3 Å². The number of alkyl halides is 3. The minimum absolute atomic E-state index is 0.365. The molecule has 7 heteroatoms. The topological polar surface area (TPSA) is 35.9 Å². The van der Waals surface area contributed by atoms with Crippen molar-refractivity contribution in [3.8, 4) is 0 Å². The van der Waals surface area contributed by atoms with Gasteiger partial charge in [-0.05, 0) is 18.7 Å². The molecule has 130 valence electrons. The quantitative estimate of drug-likeness (QED) is 0.862. The number of β-amino-alcohol motifs (C(OH)–C–C–N with tert-alkyl or cyclic N) is 1. The molecule has 1 fully saturated rings. The van der Waals surface area contributed by atoms with E-state index in [2.05, 4.69) is 4.90 Å². The van der Waals surface area contributed by atoms with Gasteiger partial charge in [-0.2, -0.15) is 13.2 Å². The maximum absolute atomic E-state index is 12.7. The Morgan fingerprint density at radius 1 is 1.30 bits per heavy atom. The zero-order valence-corrected chi connectivity index (χ0v) is 13.2. The number of likely N-dealkylation sites (N-methyl/N-ethyl adjacent to an activating group) is 1. The first-order chi connectivity index (χ1) is 10.8. The summed E-state index contributed by atoms with van der Waals surface area (Å²) in [5.74, 6) is 0. The highest BCUT2D eigenvalue weighted by Crippen LogP contribution is 2.29. The highest BCUT2D eigenvalue weighted by molar-refractivity contribution is 5.25. The molecule has 2 rings (SSSR count). The predicted octanol–water partition coefficient (Wildman–Crippen LogP) is 1.83. The molecule has 0 radical (unpaired) electrons. The van der Waals surface area contributed by atoms with Crippen LogP contribution in [0, 0.1) is 0 Å². The molecule has 23 heavy (non-hydrogen) atoms. The number of rotatable bonds is 6. The number of hydrogen-bond donors (Lipinski definition) is 1. The fourth-order valence-electron chi connectivity index (χ4n) is 2.72. The summed E-state index contributed by atoms with van der Waals surface area (Å²) in [6, 6.07) is 5.30. The molecular weight excluding hydrogens is 309 g/mol. The summed E-state index contributed by atoms with van der Waals surface area (Å²) in [6.45, 7) is 4.27. The van der Waals surface area contributed by atoms with Crippen molar-refractivity contribution in [1.82, 2.24) is 9.80 Å². The van der Waals surface area contributed by atoms with Crippen LogP contribution in [0.1, 0.15) is 11.1 Å². The lowest BCUT2D eigenvalue weighted by atomic mass is 10.1. The molecule has 0 bridgehead atoms. The van der Waals surface area contributed by atoms with E-state index in [4.69, 9.17) is 4.74 Å². The maximum atomic E-state index is 12.7. The minimum atomic E-state index is -4.33. The van der Waals surface area contributed by atoms with Gasteiger partial charge in [-0.1, -0.05) is 18.2 Å². The van der Waals surface area contributed by atoms with Gasteiger partial charge in [-0.25, -0.2) is 0 Å². The van der Waals surface area contributed by atoms with Crippen LogP contribution in [-0.4, -0.2) is 67.5 Å². The molecule has 0 aromatic heterocycles. The highest BCUT2D eigenvalue weighted by atomic mass is 19.4. The molecule has 1 atom stereocenters. The van der Waals surface area contributed by atoms with Crippen molar-refractivity contribution < 1.29 is 23.0 Å². The molecule has 1 aliphatic rings. The minimum Gasteiger partial charge on any atom is -0.390 e. The molecule has 1 heterocycles. The van der Waals surface area contributed by atoms with E-state index in [0.29, 0.717) is 38.4 Å². The Morgan fingerprint density at radius 2 is 2.00 bits per heavy atom. The Labute approximate surface area is 134 Å². The van der Waals surface area contributed by atoms with Crippen LogP contribution in [0.5, 0.6) is 0 Å². The van der Waals surface area contributed by atoms with E-state index in [0.717, 1.165) is 25.2 Å². The second-order valence-corrected chi connectivity index (χ2v) is 5.96. The van der Waals surface area contributed by atoms with Crippen LogP contribution < -0.4 is 0 Å². The van der Waals surface area contributed by atoms with Crippen LogP contribution in [0.4, 0.5) is 13.2 Å². The maximum Gasteiger partial charge on any atom is 0.416 e. The Balaban J connectivity index is 1.83. The van der Waals surface area contributed by atoms with Gasteiger partial charge in [0.2, 0.25) is 0 Å². The number of morpholine rings is 1. The first kappa shape index (κ1) is 18.2. The van der Waals surface area contributed by atoms with Gasteiger partial charge in [0, 0.05) is 32.7 Å². The van der Waals surface area contributed by atoms with E-state index in [1.165, 1.54) is 6.07 Å². The lowest BCUT2D eigenvalue weighted by Gasteiger charge is -2.30. The van der Waals surface area contributed by atoms with E-state index in [1.807, 2.05) is 4.90 Å². The van der Waals surface area contributed by atoms with Crippen molar-refractivity contribution in [2.45, 2.75) is 18.8 Å². The number of nitrogens with zero attached hydrogens (tertiary/aromatic N) is 2. The number of halogens is 3. The van der Waals surface area contributed by atoms with Crippen LogP contribution in [-0.2, 0) is 17.5 Å². The Morgan fingerprint density at radius 3 is 2.65 bits per heavy atom. The van der Waals surface area contributed by atoms with Crippen molar-refractivity contribution in [1.29, 1.82) is 0 Å². The van der Waals surface area contributed by atoms with Crippen molar-refractivity contribution in [2.24, 2.45) is 0 Å². The van der Waals surface area contributed by atoms with Crippen molar-refractivity contribution >= 4 is 0 Å². The number of aliphatic hydroxyl groups excluding tert-OH is 1. The van der Waals surface area contributed by atoms with Crippen LogP contribution in [0.3, 0.4) is 0 Å². The molecule has 4 nitrogen and oxygen atoms in total. The van der Waals surface area contributed by atoms with E-state index >= 15 is 0 Å². The number of benzene rings is 1. The van der Waals surface area contributed by atoms with Crippen LogP contribution in [0.2, 0.25) is 0 Å². The van der Waals surface area contributed by atoms with Gasteiger partial charge in [0.05, 0.1) is 24.9 Å². The molecule has 1 aromatic carbocycles. The number of hydrogen-bond acceptors (Lipinski definition) is 4. The highest BCUT2D eigenvalue weighted by Gasteiger charge is 2.30. The van der Waals surface area contributed by atoms with Gasteiger partial charge in [0.1, 0.15) is 0 Å². The van der Waals surface area contributed by atoms with Crippen LogP contribution in [0.25, 0.3) is 0 Å². The van der Waals surface area contributed by atoms with Crippen molar-refractivity contribution in [2.75, 3.05) is 46.4 Å². The fourth-order valence-corrected chi connectivity index (χ4v) is 2.72. The first-order valence-electron chi connectivity index (χ1n) is 7.67. The Kier molecular flexibility index (Phi) is 6.41. The van der Waals surface area contributed by atoms with E-state index < -0.39 is 17.8 Å². The predicted molar refractivity (Wildman–Crippen MR) is 81.0 cm³/mol. The summed E-state index contributed by atoms with van der Waals surface area (Å²) >= 11 is 0. The molecule has 1 aliphatic heterocycles. The zero-order chi connectivity index (χ0) is 16.9. The molecule has 0 aliphatic carbocycles. The largest absolute Gasteiger partial charge is 0.416 e. The molecule has 1 unspecified atom stereocenters. The van der Waals surface area contributed by atoms with E-state index in [-0.39, 0.29) is 0 Å². The Hall–Kier alpha value is -1.15. The summed E-state index contributed by atoms with van der Waals surface area (Å²) in [7, 11) is 1.79. The zero-order valence-electron chi connectivity index (χ0n) is 13.2. The lowest BCUT2D eigenvalue weighted by molar-refractivity contribution is -0.137. The normalized spacial score (nSPS) is 18.3. The molecule has 0 saturated carbocycles. The lowest BCUT2D eigenvalue weighted by Crippen LogP contribution is -2.43.